The van der Waals surface area contributed by atoms with Gasteiger partial charge in [-0.3, -0.25) is 24.1 Å². The molecule has 0 aliphatic carbocycles. The summed E-state index contributed by atoms with van der Waals surface area (Å²) in [7, 11) is 2.95. The molecule has 0 saturated carbocycles. The van der Waals surface area contributed by atoms with Gasteiger partial charge in [-0.25, -0.2) is 0 Å². The molecule has 0 saturated heterocycles. The molecule has 0 unspecified atom stereocenters. The number of hydrogen-bond acceptors (Lipinski definition) is 8. The van der Waals surface area contributed by atoms with E-state index in [0.717, 1.165) is 16.0 Å². The van der Waals surface area contributed by atoms with Gasteiger partial charge >= 0.3 is 0 Å². The maximum atomic E-state index is 14.1. The van der Waals surface area contributed by atoms with Crippen molar-refractivity contribution in [3.05, 3.63) is 152 Å². The quantitative estimate of drug-likeness (QED) is 0.0898. The van der Waals surface area contributed by atoms with Gasteiger partial charge in [0.25, 0.3) is 17.7 Å². The highest BCUT2D eigenvalue weighted by molar-refractivity contribution is 9.10. The number of imide groups is 1. The number of fused-ring (bicyclic) bond motifs is 1. The normalized spacial score (nSPS) is 13.1. The molecule has 1 aliphatic heterocycles. The van der Waals surface area contributed by atoms with Crippen molar-refractivity contribution >= 4 is 62.8 Å². The van der Waals surface area contributed by atoms with Crippen LogP contribution in [-0.4, -0.2) is 84.5 Å². The molecule has 2 N–H and O–H groups in total. The molecule has 5 aromatic rings. The van der Waals surface area contributed by atoms with E-state index in [2.05, 4.69) is 21.2 Å². The van der Waals surface area contributed by atoms with Crippen molar-refractivity contribution < 1.29 is 38.5 Å². The fourth-order valence-corrected chi connectivity index (χ4v) is 7.64. The molecule has 1 aliphatic rings. The molecule has 0 aromatic heterocycles. The van der Waals surface area contributed by atoms with E-state index in [1.165, 1.54) is 25.2 Å². The topological polar surface area (TPSA) is 135 Å². The van der Waals surface area contributed by atoms with Crippen molar-refractivity contribution in [1.82, 2.24) is 15.1 Å². The average Bonchev–Trinajstić information content (AvgIpc) is 3.46. The van der Waals surface area contributed by atoms with Crippen LogP contribution in [0.25, 0.3) is 0 Å². The number of methoxy groups -OCH3 is 2. The molecule has 0 fully saturated rings. The molecular weight excluding hydrogens is 849 g/mol. The number of benzene rings is 5. The molecule has 0 spiro atoms. The first-order valence-electron chi connectivity index (χ1n) is 18.3. The van der Waals surface area contributed by atoms with Gasteiger partial charge in [-0.1, -0.05) is 71.7 Å². The molecule has 2 atom stereocenters. The number of nitrogens with zero attached hydrogens (tertiary/aromatic N) is 2. The lowest BCUT2D eigenvalue weighted by Gasteiger charge is -2.31. The summed E-state index contributed by atoms with van der Waals surface area (Å²) in [6.07, 6.45) is -1.08. The number of hydrogen-bond donors (Lipinski definition) is 2. The predicted molar refractivity (Wildman–Crippen MR) is 224 cm³/mol. The number of carbonyl (C=O) groups excluding carboxylic acids is 4. The molecule has 4 amide bonds. The Bertz CT molecular complexity index is 2280. The van der Waals surface area contributed by atoms with Crippen LogP contribution < -0.4 is 19.5 Å². The Morgan fingerprint density at radius 2 is 1.48 bits per heavy atom. The molecule has 300 valence electrons. The minimum atomic E-state index is -1.31. The molecule has 0 radical (unpaired) electrons. The number of aliphatic hydroxyl groups excluding tert-OH is 1. The van der Waals surface area contributed by atoms with Gasteiger partial charge in [0.1, 0.15) is 11.5 Å². The summed E-state index contributed by atoms with van der Waals surface area (Å²) in [5.74, 6) is 0.0284. The third-order valence-corrected chi connectivity index (χ3v) is 10.9. The summed E-state index contributed by atoms with van der Waals surface area (Å²) in [5, 5.41) is 15.9. The second-order valence-corrected chi connectivity index (χ2v) is 15.2. The lowest BCUT2D eigenvalue weighted by Crippen LogP contribution is -2.51. The van der Waals surface area contributed by atoms with Gasteiger partial charge in [0.15, 0.2) is 11.5 Å². The molecule has 5 aromatic carbocycles. The molecule has 14 heteroatoms. The summed E-state index contributed by atoms with van der Waals surface area (Å²) >= 11 is 16.1. The highest BCUT2D eigenvalue weighted by Crippen LogP contribution is 2.34. The van der Waals surface area contributed by atoms with Crippen LogP contribution in [0.4, 0.5) is 0 Å². The number of ether oxygens (including phenoxy) is 3. The van der Waals surface area contributed by atoms with Crippen LogP contribution in [0.15, 0.2) is 114 Å². The van der Waals surface area contributed by atoms with Crippen LogP contribution in [-0.2, 0) is 17.6 Å². The van der Waals surface area contributed by atoms with E-state index in [9.17, 15) is 24.3 Å². The number of nitrogens with one attached hydrogen (secondary N) is 1. The van der Waals surface area contributed by atoms with Crippen molar-refractivity contribution in [2.75, 3.05) is 33.9 Å². The molecule has 11 nitrogen and oxygen atoms in total. The first-order valence-corrected chi connectivity index (χ1v) is 19.9. The van der Waals surface area contributed by atoms with Crippen molar-refractivity contribution in [3.8, 4) is 23.0 Å². The van der Waals surface area contributed by atoms with Crippen LogP contribution in [0.1, 0.15) is 48.6 Å². The molecule has 1 heterocycles. The van der Waals surface area contributed by atoms with Crippen LogP contribution in [0, 0.1) is 0 Å². The van der Waals surface area contributed by atoms with E-state index in [0.29, 0.717) is 43.9 Å². The summed E-state index contributed by atoms with van der Waals surface area (Å²) in [5.41, 5.74) is 2.24. The molecule has 6 rings (SSSR count). The maximum Gasteiger partial charge on any atom is 0.261 e. The minimum absolute atomic E-state index is 0.113. The Morgan fingerprint density at radius 1 is 0.828 bits per heavy atom. The van der Waals surface area contributed by atoms with E-state index in [4.69, 9.17) is 37.4 Å². The number of carbonyl (C=O) groups is 4. The van der Waals surface area contributed by atoms with Crippen LogP contribution >= 0.6 is 39.1 Å². The second kappa shape index (κ2) is 19.4. The number of rotatable bonds is 17. The molecular formula is C44H40BrCl2N3O8. The number of para-hydroxylation sites is 1. The fourth-order valence-electron chi connectivity index (χ4n) is 6.63. The van der Waals surface area contributed by atoms with E-state index in [-0.39, 0.29) is 49.2 Å². The SMILES string of the molecule is COc1cc(Br)c(C(=O)N[C@@H](Cc2cccc(Oc3ccccc3)c2)[C@@H](O)CN(CCc2ccc(Cl)cc2Cl)C(=O)CCN2C(=O)c3ccccc3C2=O)cc1OC. The largest absolute Gasteiger partial charge is 0.493 e. The fraction of sp³-hybridized carbons (Fsp3) is 0.227. The Balaban J connectivity index is 1.27. The number of halogens is 3. The zero-order chi connectivity index (χ0) is 41.3. The van der Waals surface area contributed by atoms with Crippen molar-refractivity contribution in [2.45, 2.75) is 31.4 Å². The lowest BCUT2D eigenvalue weighted by atomic mass is 9.99. The van der Waals surface area contributed by atoms with Gasteiger partial charge in [-0.2, -0.15) is 0 Å². The average molecular weight is 890 g/mol. The smallest absolute Gasteiger partial charge is 0.261 e. The van der Waals surface area contributed by atoms with Crippen LogP contribution in [0.3, 0.4) is 0 Å². The Morgan fingerprint density at radius 3 is 2.16 bits per heavy atom. The minimum Gasteiger partial charge on any atom is -0.493 e. The third kappa shape index (κ3) is 10.2. The van der Waals surface area contributed by atoms with Gasteiger partial charge in [0, 0.05) is 40.6 Å². The Kier molecular flexibility index (Phi) is 14.1. The van der Waals surface area contributed by atoms with E-state index in [1.54, 1.807) is 54.6 Å². The van der Waals surface area contributed by atoms with Gasteiger partial charge in [0.05, 0.1) is 43.1 Å². The first kappa shape index (κ1) is 42.2. The Labute approximate surface area is 354 Å². The van der Waals surface area contributed by atoms with Gasteiger partial charge in [0.2, 0.25) is 5.91 Å². The van der Waals surface area contributed by atoms with Crippen molar-refractivity contribution in [1.29, 1.82) is 0 Å². The number of aliphatic hydroxyl groups is 1. The number of amides is 4. The molecule has 0 bridgehead atoms. The summed E-state index contributed by atoms with van der Waals surface area (Å²) in [4.78, 5) is 56.8. The van der Waals surface area contributed by atoms with Gasteiger partial charge in [-0.05, 0) is 101 Å². The van der Waals surface area contributed by atoms with E-state index >= 15 is 0 Å². The summed E-state index contributed by atoms with van der Waals surface area (Å²) in [6, 6.07) is 30.3. The second-order valence-electron chi connectivity index (χ2n) is 13.5. The first-order chi connectivity index (χ1) is 27.9. The van der Waals surface area contributed by atoms with Crippen molar-refractivity contribution in [3.63, 3.8) is 0 Å². The zero-order valence-electron chi connectivity index (χ0n) is 31.6. The van der Waals surface area contributed by atoms with Gasteiger partial charge < -0.3 is 29.5 Å². The Hall–Kier alpha value is -5.40. The monoisotopic (exact) mass is 887 g/mol. The third-order valence-electron chi connectivity index (χ3n) is 9.69. The van der Waals surface area contributed by atoms with E-state index < -0.39 is 35.8 Å². The van der Waals surface area contributed by atoms with Crippen LogP contribution in [0.5, 0.6) is 23.0 Å². The van der Waals surface area contributed by atoms with Gasteiger partial charge in [-0.15, -0.1) is 0 Å². The predicted octanol–water partition coefficient (Wildman–Crippen LogP) is 8.03. The van der Waals surface area contributed by atoms with Crippen LogP contribution in [0.2, 0.25) is 10.0 Å². The zero-order valence-corrected chi connectivity index (χ0v) is 34.7. The molecule has 58 heavy (non-hydrogen) atoms. The maximum absolute atomic E-state index is 14.1. The summed E-state index contributed by atoms with van der Waals surface area (Å²) in [6.45, 7) is -0.271. The standard InChI is InChI=1S/C44H40BrCl2N3O8/c1-56-39-24-34(35(45)25-40(39)57-2)42(53)48-37(22-27-9-8-12-31(21-27)58-30-10-4-3-5-11-30)38(51)26-49(19-17-28-15-16-29(46)23-36(28)47)41(52)18-20-50-43(54)32-13-6-7-14-33(32)44(50)55/h3-16,21,23-25,37-38,51H,17-20,22,26H2,1-2H3,(H,48,53)/t37-,38-/m0/s1. The van der Waals surface area contributed by atoms with E-state index in [1.807, 2.05) is 48.5 Å². The van der Waals surface area contributed by atoms with Crippen molar-refractivity contribution in [2.24, 2.45) is 0 Å². The lowest BCUT2D eigenvalue weighted by molar-refractivity contribution is -0.133. The highest BCUT2D eigenvalue weighted by atomic mass is 79.9. The highest BCUT2D eigenvalue weighted by Gasteiger charge is 2.36. The summed E-state index contributed by atoms with van der Waals surface area (Å²) < 4.78 is 17.3.